The second-order valence-electron chi connectivity index (χ2n) is 8.00. The molecule has 2 aliphatic rings. The number of hydrogen-bond acceptors (Lipinski definition) is 3. The van der Waals surface area contributed by atoms with Gasteiger partial charge in [-0.15, -0.1) is 0 Å². The standard InChI is InChI=1S/C18H25N3O/c1-16(2)14-13(22)12(11-9-7-8-10-20-11)15(19)21(14)18(5,6)17(16,3)4/h7-10,14,19,22H,1-6H3. The van der Waals surface area contributed by atoms with Crippen LogP contribution in [0.3, 0.4) is 0 Å². The molecule has 1 saturated heterocycles. The van der Waals surface area contributed by atoms with E-state index < -0.39 is 0 Å². The second kappa shape index (κ2) is 4.12. The summed E-state index contributed by atoms with van der Waals surface area (Å²) in [6.07, 6.45) is 1.70. The van der Waals surface area contributed by atoms with Gasteiger partial charge < -0.3 is 10.0 Å². The third-order valence-corrected chi connectivity index (χ3v) is 6.60. The second-order valence-corrected chi connectivity index (χ2v) is 8.00. The molecule has 4 heteroatoms. The predicted molar refractivity (Wildman–Crippen MR) is 88.8 cm³/mol. The molecule has 0 bridgehead atoms. The van der Waals surface area contributed by atoms with Crippen LogP contribution in [0.15, 0.2) is 30.2 Å². The summed E-state index contributed by atoms with van der Waals surface area (Å²) >= 11 is 0. The summed E-state index contributed by atoms with van der Waals surface area (Å²) in [6.45, 7) is 13.2. The molecule has 3 rings (SSSR count). The van der Waals surface area contributed by atoms with Crippen LogP contribution in [-0.4, -0.2) is 32.4 Å². The fraction of sp³-hybridized carbons (Fsp3) is 0.556. The van der Waals surface area contributed by atoms with Crippen molar-refractivity contribution in [3.05, 3.63) is 35.8 Å². The van der Waals surface area contributed by atoms with Crippen molar-refractivity contribution < 1.29 is 5.11 Å². The van der Waals surface area contributed by atoms with Gasteiger partial charge in [0, 0.05) is 11.7 Å². The highest BCUT2D eigenvalue weighted by atomic mass is 16.3. The molecule has 22 heavy (non-hydrogen) atoms. The summed E-state index contributed by atoms with van der Waals surface area (Å²) in [5.74, 6) is 0.664. The number of nitrogens with one attached hydrogen (secondary N) is 1. The van der Waals surface area contributed by atoms with E-state index in [1.807, 2.05) is 18.2 Å². The lowest BCUT2D eigenvalue weighted by atomic mass is 9.60. The van der Waals surface area contributed by atoms with Crippen LogP contribution in [0.1, 0.15) is 47.2 Å². The molecule has 3 heterocycles. The van der Waals surface area contributed by atoms with Crippen LogP contribution in [0, 0.1) is 16.2 Å². The topological polar surface area (TPSA) is 60.2 Å². The van der Waals surface area contributed by atoms with Gasteiger partial charge in [0.15, 0.2) is 0 Å². The predicted octanol–water partition coefficient (Wildman–Crippen LogP) is 3.86. The molecule has 0 amide bonds. The molecule has 1 atom stereocenters. The Balaban J connectivity index is 2.22. The average molecular weight is 299 g/mol. The van der Waals surface area contributed by atoms with E-state index in [0.717, 1.165) is 0 Å². The zero-order chi connectivity index (χ0) is 16.5. The first-order valence-corrected chi connectivity index (χ1v) is 7.78. The van der Waals surface area contributed by atoms with Gasteiger partial charge in [0.25, 0.3) is 0 Å². The highest BCUT2D eigenvalue weighted by molar-refractivity contribution is 6.24. The first kappa shape index (κ1) is 15.1. The van der Waals surface area contributed by atoms with Gasteiger partial charge in [-0.2, -0.15) is 0 Å². The number of rotatable bonds is 1. The van der Waals surface area contributed by atoms with Crippen molar-refractivity contribution in [3.8, 4) is 0 Å². The molecule has 0 radical (unpaired) electrons. The molecule has 118 valence electrons. The SMILES string of the molecule is CC1(C)C2C(O)=C(c3ccccn3)C(=N)N2C(C)(C)C1(C)C. The molecule has 1 unspecified atom stereocenters. The van der Waals surface area contributed by atoms with E-state index >= 15 is 0 Å². The number of hydrogen-bond donors (Lipinski definition) is 2. The molecule has 0 aromatic carbocycles. The van der Waals surface area contributed by atoms with Crippen LogP contribution in [0.25, 0.3) is 5.57 Å². The average Bonchev–Trinajstić information content (AvgIpc) is 2.76. The van der Waals surface area contributed by atoms with E-state index in [9.17, 15) is 5.11 Å². The summed E-state index contributed by atoms with van der Waals surface area (Å²) < 4.78 is 0. The van der Waals surface area contributed by atoms with E-state index in [1.54, 1.807) is 6.20 Å². The quantitative estimate of drug-likeness (QED) is 0.828. The summed E-state index contributed by atoms with van der Waals surface area (Å²) in [6, 6.07) is 5.41. The van der Waals surface area contributed by atoms with Gasteiger partial charge in [0.2, 0.25) is 0 Å². The molecule has 0 saturated carbocycles. The Bertz CT molecular complexity index is 671. The van der Waals surface area contributed by atoms with E-state index in [2.05, 4.69) is 51.4 Å². The van der Waals surface area contributed by atoms with E-state index in [4.69, 9.17) is 5.41 Å². The Morgan fingerprint density at radius 2 is 1.77 bits per heavy atom. The lowest BCUT2D eigenvalue weighted by Gasteiger charge is -2.45. The lowest BCUT2D eigenvalue weighted by molar-refractivity contribution is 0.0803. The summed E-state index contributed by atoms with van der Waals surface area (Å²) in [7, 11) is 0. The molecule has 0 aliphatic carbocycles. The summed E-state index contributed by atoms with van der Waals surface area (Å²) in [5.41, 5.74) is 0.790. The van der Waals surface area contributed by atoms with Crippen LogP contribution in [0.4, 0.5) is 0 Å². The highest BCUT2D eigenvalue weighted by Crippen LogP contribution is 2.63. The number of aliphatic hydroxyl groups is 1. The number of aliphatic hydroxyl groups excluding tert-OH is 1. The van der Waals surface area contributed by atoms with Crippen molar-refractivity contribution >= 4 is 11.4 Å². The van der Waals surface area contributed by atoms with Crippen LogP contribution in [-0.2, 0) is 0 Å². The van der Waals surface area contributed by atoms with Crippen LogP contribution in [0.2, 0.25) is 0 Å². The van der Waals surface area contributed by atoms with Crippen LogP contribution >= 0.6 is 0 Å². The number of aromatic nitrogens is 1. The zero-order valence-electron chi connectivity index (χ0n) is 14.2. The Morgan fingerprint density at radius 3 is 2.27 bits per heavy atom. The third-order valence-electron chi connectivity index (χ3n) is 6.60. The fourth-order valence-electron chi connectivity index (χ4n) is 4.09. The molecule has 2 aliphatic heterocycles. The first-order valence-electron chi connectivity index (χ1n) is 7.78. The third kappa shape index (κ3) is 1.48. The summed E-state index contributed by atoms with van der Waals surface area (Å²) in [5, 5.41) is 19.6. The van der Waals surface area contributed by atoms with Gasteiger partial charge in [-0.3, -0.25) is 10.4 Å². The van der Waals surface area contributed by atoms with Gasteiger partial charge in [-0.1, -0.05) is 33.8 Å². The largest absolute Gasteiger partial charge is 0.509 e. The van der Waals surface area contributed by atoms with E-state index in [0.29, 0.717) is 17.1 Å². The lowest BCUT2D eigenvalue weighted by Crippen LogP contribution is -2.50. The zero-order valence-corrected chi connectivity index (χ0v) is 14.2. The van der Waals surface area contributed by atoms with Crippen molar-refractivity contribution in [1.82, 2.24) is 9.88 Å². The Labute approximate surface area is 132 Å². The molecular weight excluding hydrogens is 274 g/mol. The minimum absolute atomic E-state index is 0.0550. The summed E-state index contributed by atoms with van der Waals surface area (Å²) in [4.78, 5) is 6.41. The minimum Gasteiger partial charge on any atom is -0.509 e. The van der Waals surface area contributed by atoms with Crippen molar-refractivity contribution in [2.45, 2.75) is 53.1 Å². The maximum absolute atomic E-state index is 10.9. The fourth-order valence-corrected chi connectivity index (χ4v) is 4.09. The normalized spacial score (nSPS) is 28.2. The van der Waals surface area contributed by atoms with Gasteiger partial charge in [0.05, 0.1) is 17.3 Å². The molecule has 0 spiro atoms. The number of pyridine rings is 1. The molecular formula is C18H25N3O. The highest BCUT2D eigenvalue weighted by Gasteiger charge is 2.67. The number of nitrogens with zero attached hydrogens (tertiary/aromatic N) is 2. The number of amidine groups is 1. The molecule has 1 fully saturated rings. The van der Waals surface area contributed by atoms with Crippen molar-refractivity contribution in [3.63, 3.8) is 0 Å². The molecule has 2 N–H and O–H groups in total. The molecule has 1 aromatic rings. The maximum Gasteiger partial charge on any atom is 0.134 e. The van der Waals surface area contributed by atoms with Gasteiger partial charge in [-0.05, 0) is 36.8 Å². The Hall–Kier alpha value is -1.84. The number of fused-ring (bicyclic) bond motifs is 1. The Kier molecular flexibility index (Phi) is 2.82. The minimum atomic E-state index is -0.233. The van der Waals surface area contributed by atoms with Crippen LogP contribution < -0.4 is 0 Å². The van der Waals surface area contributed by atoms with Crippen molar-refractivity contribution in [1.29, 1.82) is 5.41 Å². The molecule has 1 aromatic heterocycles. The van der Waals surface area contributed by atoms with Gasteiger partial charge in [0.1, 0.15) is 11.6 Å². The van der Waals surface area contributed by atoms with Crippen molar-refractivity contribution in [2.75, 3.05) is 0 Å². The first-order chi connectivity index (χ1) is 10.0. The van der Waals surface area contributed by atoms with Crippen molar-refractivity contribution in [2.24, 2.45) is 10.8 Å². The van der Waals surface area contributed by atoms with E-state index in [1.165, 1.54) is 0 Å². The molecule has 4 nitrogen and oxygen atoms in total. The van der Waals surface area contributed by atoms with Gasteiger partial charge in [-0.25, -0.2) is 0 Å². The van der Waals surface area contributed by atoms with E-state index in [-0.39, 0.29) is 28.2 Å². The van der Waals surface area contributed by atoms with Gasteiger partial charge >= 0.3 is 0 Å². The maximum atomic E-state index is 10.9. The van der Waals surface area contributed by atoms with Crippen LogP contribution in [0.5, 0.6) is 0 Å². The smallest absolute Gasteiger partial charge is 0.134 e. The monoisotopic (exact) mass is 299 g/mol. The Morgan fingerprint density at radius 1 is 1.14 bits per heavy atom.